The van der Waals surface area contributed by atoms with E-state index in [2.05, 4.69) is 27.8 Å². The molecule has 1 aromatic heterocycles. The molecule has 1 N–H and O–H groups in total. The molecule has 2 aliphatic heterocycles. The van der Waals surface area contributed by atoms with Gasteiger partial charge in [-0.25, -0.2) is 17.7 Å². The second-order valence-corrected chi connectivity index (χ2v) is 10.4. The molecule has 2 aromatic rings. The minimum atomic E-state index is -3.15. The SMILES string of the molecule is CS(=O)(=O)N1CCC2(CC[C@H]([C@H]3c4ccccc4-c4cncn43)[C@H]2O)CC1. The molecule has 1 saturated carbocycles. The minimum absolute atomic E-state index is 0.112. The molecule has 6 nitrogen and oxygen atoms in total. The predicted molar refractivity (Wildman–Crippen MR) is 103 cm³/mol. The van der Waals surface area contributed by atoms with Crippen LogP contribution in [0.4, 0.5) is 0 Å². The average molecular weight is 388 g/mol. The Morgan fingerprint density at radius 3 is 2.67 bits per heavy atom. The van der Waals surface area contributed by atoms with Gasteiger partial charge < -0.3 is 9.67 Å². The van der Waals surface area contributed by atoms with E-state index in [0.29, 0.717) is 13.1 Å². The van der Waals surface area contributed by atoms with Crippen LogP contribution < -0.4 is 0 Å². The van der Waals surface area contributed by atoms with E-state index in [1.54, 1.807) is 4.31 Å². The van der Waals surface area contributed by atoms with Gasteiger partial charge >= 0.3 is 0 Å². The summed E-state index contributed by atoms with van der Waals surface area (Å²) in [7, 11) is -3.15. The van der Waals surface area contributed by atoms with Crippen molar-refractivity contribution in [3.05, 3.63) is 42.4 Å². The first kappa shape index (κ1) is 17.4. The quantitative estimate of drug-likeness (QED) is 0.858. The van der Waals surface area contributed by atoms with Gasteiger partial charge in [0.25, 0.3) is 0 Å². The Bertz CT molecular complexity index is 976. The third-order valence-electron chi connectivity index (χ3n) is 7.12. The number of benzene rings is 1. The fourth-order valence-corrected chi connectivity index (χ4v) is 6.51. The van der Waals surface area contributed by atoms with Crippen LogP contribution in [0.15, 0.2) is 36.8 Å². The van der Waals surface area contributed by atoms with E-state index in [1.807, 2.05) is 18.6 Å². The van der Waals surface area contributed by atoms with E-state index in [-0.39, 0.29) is 17.4 Å². The van der Waals surface area contributed by atoms with Gasteiger partial charge in [0.15, 0.2) is 0 Å². The molecule has 2 fully saturated rings. The van der Waals surface area contributed by atoms with Crippen molar-refractivity contribution in [1.82, 2.24) is 13.9 Å². The van der Waals surface area contributed by atoms with Crippen molar-refractivity contribution in [3.8, 4) is 11.3 Å². The summed E-state index contributed by atoms with van der Waals surface area (Å²) in [5, 5.41) is 11.4. The summed E-state index contributed by atoms with van der Waals surface area (Å²) in [6.45, 7) is 1.03. The highest BCUT2D eigenvalue weighted by Gasteiger charge is 2.53. The van der Waals surface area contributed by atoms with Gasteiger partial charge in [-0.3, -0.25) is 0 Å². The summed E-state index contributed by atoms with van der Waals surface area (Å²) in [5.41, 5.74) is 3.43. The van der Waals surface area contributed by atoms with Crippen LogP contribution in [0.25, 0.3) is 11.3 Å². The van der Waals surface area contributed by atoms with Crippen molar-refractivity contribution in [2.24, 2.45) is 11.3 Å². The number of aromatic nitrogens is 2. The minimum Gasteiger partial charge on any atom is -0.392 e. The lowest BCUT2D eigenvalue weighted by atomic mass is 9.73. The number of sulfonamides is 1. The highest BCUT2D eigenvalue weighted by Crippen LogP contribution is 2.55. The summed E-state index contributed by atoms with van der Waals surface area (Å²) in [5.74, 6) is 0.131. The van der Waals surface area contributed by atoms with Gasteiger partial charge in [-0.2, -0.15) is 0 Å². The van der Waals surface area contributed by atoms with E-state index < -0.39 is 16.1 Å². The zero-order chi connectivity index (χ0) is 18.8. The number of hydrogen-bond acceptors (Lipinski definition) is 4. The Kier molecular flexibility index (Phi) is 3.80. The fraction of sp³-hybridized carbons (Fsp3) is 0.550. The number of aliphatic hydroxyl groups excluding tert-OH is 1. The zero-order valence-corrected chi connectivity index (χ0v) is 16.3. The molecule has 0 bridgehead atoms. The molecule has 144 valence electrons. The van der Waals surface area contributed by atoms with Crippen LogP contribution in [0.2, 0.25) is 0 Å². The second-order valence-electron chi connectivity index (χ2n) is 8.39. The predicted octanol–water partition coefficient (Wildman–Crippen LogP) is 2.27. The van der Waals surface area contributed by atoms with E-state index in [9.17, 15) is 13.5 Å². The lowest BCUT2D eigenvalue weighted by Crippen LogP contribution is -2.47. The molecule has 1 aromatic carbocycles. The van der Waals surface area contributed by atoms with Crippen molar-refractivity contribution in [1.29, 1.82) is 0 Å². The number of piperidine rings is 1. The van der Waals surface area contributed by atoms with Gasteiger partial charge in [-0.1, -0.05) is 24.3 Å². The van der Waals surface area contributed by atoms with E-state index in [4.69, 9.17) is 0 Å². The van der Waals surface area contributed by atoms with Gasteiger partial charge in [-0.15, -0.1) is 0 Å². The Labute approximate surface area is 159 Å². The van der Waals surface area contributed by atoms with Crippen molar-refractivity contribution < 1.29 is 13.5 Å². The summed E-state index contributed by atoms with van der Waals surface area (Å²) >= 11 is 0. The molecule has 3 aliphatic rings. The van der Waals surface area contributed by atoms with Crippen molar-refractivity contribution >= 4 is 10.0 Å². The maximum absolute atomic E-state index is 11.8. The standard InChI is InChI=1S/C20H25N3O3S/c1-27(25,26)22-10-8-20(9-11-22)7-6-16(19(20)24)18-15-5-3-2-4-14(15)17-12-21-13-23(17)18/h2-5,12-13,16,18-19,24H,6-11H2,1H3/t16-,18-,19-/m1/s1. The van der Waals surface area contributed by atoms with Crippen LogP contribution in [0, 0.1) is 11.3 Å². The Hall–Kier alpha value is -1.70. The first-order valence-electron chi connectivity index (χ1n) is 9.65. The monoisotopic (exact) mass is 387 g/mol. The van der Waals surface area contributed by atoms with Crippen LogP contribution in [-0.2, 0) is 10.0 Å². The highest BCUT2D eigenvalue weighted by atomic mass is 32.2. The average Bonchev–Trinajstić information content (AvgIpc) is 3.30. The van der Waals surface area contributed by atoms with Gasteiger partial charge in [0.2, 0.25) is 10.0 Å². The number of nitrogens with zero attached hydrogens (tertiary/aromatic N) is 3. The molecular formula is C20H25N3O3S. The zero-order valence-electron chi connectivity index (χ0n) is 15.5. The molecule has 1 aliphatic carbocycles. The lowest BCUT2D eigenvalue weighted by molar-refractivity contribution is -0.0145. The normalized spacial score (nSPS) is 29.8. The van der Waals surface area contributed by atoms with Gasteiger partial charge in [-0.05, 0) is 36.7 Å². The first-order chi connectivity index (χ1) is 12.9. The number of imidazole rings is 1. The summed E-state index contributed by atoms with van der Waals surface area (Å²) < 4.78 is 27.4. The number of hydrogen-bond donors (Lipinski definition) is 1. The van der Waals surface area contributed by atoms with Crippen LogP contribution >= 0.6 is 0 Å². The smallest absolute Gasteiger partial charge is 0.211 e. The Morgan fingerprint density at radius 2 is 1.93 bits per heavy atom. The maximum atomic E-state index is 11.8. The summed E-state index contributed by atoms with van der Waals surface area (Å²) in [4.78, 5) is 4.34. The summed E-state index contributed by atoms with van der Waals surface area (Å²) in [6, 6.07) is 8.52. The number of rotatable bonds is 2. The first-order valence-corrected chi connectivity index (χ1v) is 11.5. The van der Waals surface area contributed by atoms with Gasteiger partial charge in [0, 0.05) is 24.6 Å². The van der Waals surface area contributed by atoms with Crippen LogP contribution in [0.1, 0.15) is 37.3 Å². The topological polar surface area (TPSA) is 75.4 Å². The molecule has 3 atom stereocenters. The van der Waals surface area contributed by atoms with Crippen molar-refractivity contribution in [2.75, 3.05) is 19.3 Å². The van der Waals surface area contributed by atoms with E-state index >= 15 is 0 Å². The molecule has 0 radical (unpaired) electrons. The second kappa shape index (κ2) is 5.90. The summed E-state index contributed by atoms with van der Waals surface area (Å²) in [6.07, 6.45) is 8.02. The molecule has 27 heavy (non-hydrogen) atoms. The molecule has 1 spiro atoms. The molecule has 0 amide bonds. The number of aliphatic hydroxyl groups is 1. The van der Waals surface area contributed by atoms with Gasteiger partial charge in [0.05, 0.1) is 36.6 Å². The molecule has 5 rings (SSSR count). The lowest BCUT2D eigenvalue weighted by Gasteiger charge is -2.42. The molecule has 1 saturated heterocycles. The molecule has 0 unspecified atom stereocenters. The van der Waals surface area contributed by atoms with Crippen LogP contribution in [-0.4, -0.2) is 52.8 Å². The highest BCUT2D eigenvalue weighted by molar-refractivity contribution is 7.88. The molecule has 3 heterocycles. The van der Waals surface area contributed by atoms with Crippen LogP contribution in [0.5, 0.6) is 0 Å². The van der Waals surface area contributed by atoms with Crippen molar-refractivity contribution in [3.63, 3.8) is 0 Å². The molecular weight excluding hydrogens is 362 g/mol. The third-order valence-corrected chi connectivity index (χ3v) is 8.43. The molecule has 7 heteroatoms. The largest absolute Gasteiger partial charge is 0.392 e. The Morgan fingerprint density at radius 1 is 1.19 bits per heavy atom. The van der Waals surface area contributed by atoms with E-state index in [0.717, 1.165) is 31.4 Å². The van der Waals surface area contributed by atoms with Gasteiger partial charge in [0.1, 0.15) is 0 Å². The maximum Gasteiger partial charge on any atom is 0.211 e. The number of fused-ring (bicyclic) bond motifs is 3. The Balaban J connectivity index is 1.44. The van der Waals surface area contributed by atoms with Crippen molar-refractivity contribution in [2.45, 2.75) is 37.8 Å². The third kappa shape index (κ3) is 2.52. The van der Waals surface area contributed by atoms with E-state index in [1.165, 1.54) is 17.4 Å². The van der Waals surface area contributed by atoms with Crippen LogP contribution in [0.3, 0.4) is 0 Å². The fourth-order valence-electron chi connectivity index (χ4n) is 5.66.